The third kappa shape index (κ3) is 2.26. The topological polar surface area (TPSA) is 59.8 Å². The van der Waals surface area contributed by atoms with E-state index in [1.807, 2.05) is 5.01 Å². The molecule has 47 valence electrons. The maximum absolute atomic E-state index is 5.47. The monoisotopic (exact) mass is 114 g/mol. The molecular weight excluding hydrogens is 102 g/mol. The van der Waals surface area contributed by atoms with E-state index in [0.717, 1.165) is 13.1 Å². The van der Waals surface area contributed by atoms with Crippen LogP contribution in [0.1, 0.15) is 19.3 Å². The molecule has 1 fully saturated rings. The van der Waals surface area contributed by atoms with Crippen LogP contribution in [-0.2, 0) is 0 Å². The lowest BCUT2D eigenvalue weighted by molar-refractivity contribution is 0.235. The van der Waals surface area contributed by atoms with Gasteiger partial charge >= 0.3 is 0 Å². The normalized spacial score (nSPS) is 22.1. The van der Waals surface area contributed by atoms with Gasteiger partial charge in [-0.15, -0.1) is 0 Å². The Morgan fingerprint density at radius 1 is 1.00 bits per heavy atom. The molecule has 0 saturated carbocycles. The highest BCUT2D eigenvalue weighted by Gasteiger charge is 2.02. The summed E-state index contributed by atoms with van der Waals surface area (Å²) in [5.74, 6) is 5.47. The maximum Gasteiger partial charge on any atom is 0.0128 e. The van der Waals surface area contributed by atoms with E-state index in [9.17, 15) is 0 Å². The number of nitrogens with two attached hydrogens (primary N) is 1. The van der Waals surface area contributed by atoms with E-state index in [2.05, 4.69) is 0 Å². The molecule has 8 heavy (non-hydrogen) atoms. The summed E-state index contributed by atoms with van der Waals surface area (Å²) in [6.45, 7) is 2.19. The van der Waals surface area contributed by atoms with Crippen molar-refractivity contribution < 1.29 is 0 Å². The Kier molecular flexibility index (Phi) is 3.77. The van der Waals surface area contributed by atoms with Crippen LogP contribution >= 0.6 is 0 Å². The molecule has 0 unspecified atom stereocenters. The highest BCUT2D eigenvalue weighted by atomic mass is 15.4. The van der Waals surface area contributed by atoms with E-state index < -0.39 is 0 Å². The quantitative estimate of drug-likeness (QED) is 0.446. The van der Waals surface area contributed by atoms with Crippen molar-refractivity contribution in [2.45, 2.75) is 19.3 Å². The second kappa shape index (κ2) is 3.83. The van der Waals surface area contributed by atoms with Crippen LogP contribution in [0.4, 0.5) is 0 Å². The van der Waals surface area contributed by atoms with E-state index in [4.69, 9.17) is 5.84 Å². The fourth-order valence-electron chi connectivity index (χ4n) is 0.918. The SMILES string of the molecule is NN1CCCCC1.[N]. The minimum atomic E-state index is 0. The molecule has 0 amide bonds. The van der Waals surface area contributed by atoms with Crippen LogP contribution in [0, 0.1) is 0 Å². The van der Waals surface area contributed by atoms with Gasteiger partial charge in [0, 0.05) is 19.2 Å². The van der Waals surface area contributed by atoms with Crippen molar-refractivity contribution >= 4 is 0 Å². The third-order valence-corrected chi connectivity index (χ3v) is 1.39. The lowest BCUT2D eigenvalue weighted by Crippen LogP contribution is -2.35. The van der Waals surface area contributed by atoms with Crippen LogP contribution in [0.3, 0.4) is 0 Å². The van der Waals surface area contributed by atoms with Gasteiger partial charge in [0.25, 0.3) is 0 Å². The molecule has 0 aromatic rings. The van der Waals surface area contributed by atoms with Gasteiger partial charge in [-0.2, -0.15) is 0 Å². The van der Waals surface area contributed by atoms with E-state index in [1.54, 1.807) is 0 Å². The summed E-state index contributed by atoms with van der Waals surface area (Å²) >= 11 is 0. The number of hydrogen-bond acceptors (Lipinski definition) is 2. The molecule has 0 aliphatic carbocycles. The predicted molar refractivity (Wildman–Crippen MR) is 31.7 cm³/mol. The number of nitrogens with zero attached hydrogens (tertiary/aromatic N) is 2. The number of hydrazine groups is 1. The molecule has 1 aliphatic heterocycles. The number of piperidine rings is 1. The van der Waals surface area contributed by atoms with Gasteiger partial charge in [-0.05, 0) is 12.8 Å². The van der Waals surface area contributed by atoms with Crippen LogP contribution in [0.15, 0.2) is 0 Å². The van der Waals surface area contributed by atoms with Gasteiger partial charge in [0.1, 0.15) is 0 Å². The van der Waals surface area contributed by atoms with Crippen molar-refractivity contribution in [2.24, 2.45) is 5.84 Å². The van der Waals surface area contributed by atoms with Gasteiger partial charge in [-0.25, -0.2) is 5.01 Å². The zero-order valence-corrected chi connectivity index (χ0v) is 5.01. The summed E-state index contributed by atoms with van der Waals surface area (Å²) in [4.78, 5) is 0. The fourth-order valence-corrected chi connectivity index (χ4v) is 0.918. The average molecular weight is 114 g/mol. The second-order valence-corrected chi connectivity index (χ2v) is 2.10. The maximum atomic E-state index is 5.47. The zero-order valence-electron chi connectivity index (χ0n) is 5.01. The molecule has 0 bridgehead atoms. The Morgan fingerprint density at radius 3 is 1.75 bits per heavy atom. The minimum Gasteiger partial charge on any atom is -0.269 e. The van der Waals surface area contributed by atoms with Gasteiger partial charge in [0.05, 0.1) is 0 Å². The van der Waals surface area contributed by atoms with Crippen molar-refractivity contribution in [3.8, 4) is 0 Å². The molecule has 0 aromatic heterocycles. The Bertz CT molecular complexity index is 49.6. The van der Waals surface area contributed by atoms with Crippen LogP contribution in [0.25, 0.3) is 0 Å². The van der Waals surface area contributed by atoms with Gasteiger partial charge in [0.2, 0.25) is 0 Å². The van der Waals surface area contributed by atoms with E-state index in [-0.39, 0.29) is 6.15 Å². The molecule has 0 spiro atoms. The molecule has 0 atom stereocenters. The molecule has 0 aromatic carbocycles. The van der Waals surface area contributed by atoms with Crippen molar-refractivity contribution in [1.82, 2.24) is 11.2 Å². The number of hydrogen-bond donors (Lipinski definition) is 1. The minimum absolute atomic E-state index is 0. The zero-order chi connectivity index (χ0) is 5.11. The number of rotatable bonds is 0. The molecule has 2 N–H and O–H groups in total. The lowest BCUT2D eigenvalue weighted by atomic mass is 10.2. The Morgan fingerprint density at radius 2 is 1.50 bits per heavy atom. The Labute approximate surface area is 50.4 Å². The molecular formula is C5H12N3. The molecule has 1 saturated heterocycles. The van der Waals surface area contributed by atoms with Gasteiger partial charge in [0.15, 0.2) is 0 Å². The lowest BCUT2D eigenvalue weighted by Gasteiger charge is -2.20. The van der Waals surface area contributed by atoms with Crippen molar-refractivity contribution in [3.05, 3.63) is 0 Å². The van der Waals surface area contributed by atoms with Gasteiger partial charge in [-0.3, -0.25) is 5.84 Å². The van der Waals surface area contributed by atoms with Crippen LogP contribution in [0.5, 0.6) is 0 Å². The highest BCUT2D eigenvalue weighted by Crippen LogP contribution is 2.03. The standard InChI is InChI=1S/C5H12N2.N/c6-7-4-2-1-3-5-7;/h1-6H2;. The highest BCUT2D eigenvalue weighted by molar-refractivity contribution is 4.56. The van der Waals surface area contributed by atoms with Crippen LogP contribution in [-0.4, -0.2) is 18.1 Å². The first-order valence-electron chi connectivity index (χ1n) is 2.89. The Balaban J connectivity index is 0.000000490. The van der Waals surface area contributed by atoms with Crippen molar-refractivity contribution in [1.29, 1.82) is 0 Å². The third-order valence-electron chi connectivity index (χ3n) is 1.39. The molecule has 3 radical (unpaired) electrons. The van der Waals surface area contributed by atoms with Crippen molar-refractivity contribution in [3.63, 3.8) is 0 Å². The Hall–Kier alpha value is -0.120. The van der Waals surface area contributed by atoms with Crippen LogP contribution in [0.2, 0.25) is 0 Å². The first-order valence-corrected chi connectivity index (χ1v) is 2.89. The fraction of sp³-hybridized carbons (Fsp3) is 1.00. The van der Waals surface area contributed by atoms with E-state index in [1.165, 1.54) is 19.3 Å². The first-order chi connectivity index (χ1) is 3.39. The van der Waals surface area contributed by atoms with E-state index in [0.29, 0.717) is 0 Å². The summed E-state index contributed by atoms with van der Waals surface area (Å²) in [5, 5.41) is 1.89. The predicted octanol–water partition coefficient (Wildman–Crippen LogP) is -0.135. The van der Waals surface area contributed by atoms with Crippen molar-refractivity contribution in [2.75, 3.05) is 13.1 Å². The molecule has 1 heterocycles. The molecule has 1 aliphatic rings. The largest absolute Gasteiger partial charge is 0.269 e. The van der Waals surface area contributed by atoms with E-state index >= 15 is 0 Å². The van der Waals surface area contributed by atoms with Gasteiger partial charge < -0.3 is 0 Å². The van der Waals surface area contributed by atoms with Crippen LogP contribution < -0.4 is 12.0 Å². The molecule has 1 rings (SSSR count). The second-order valence-electron chi connectivity index (χ2n) is 2.10. The van der Waals surface area contributed by atoms with Gasteiger partial charge in [-0.1, -0.05) is 6.42 Å². The summed E-state index contributed by atoms with van der Waals surface area (Å²) < 4.78 is 0. The summed E-state index contributed by atoms with van der Waals surface area (Å²) in [7, 11) is 0. The molecule has 3 heteroatoms. The molecule has 3 nitrogen and oxygen atoms in total. The summed E-state index contributed by atoms with van der Waals surface area (Å²) in [5.41, 5.74) is 0. The average Bonchev–Trinajstić information content (AvgIpc) is 1.69. The first kappa shape index (κ1) is 7.88. The smallest absolute Gasteiger partial charge is 0.0128 e. The summed E-state index contributed by atoms with van der Waals surface area (Å²) in [6, 6.07) is 0. The summed E-state index contributed by atoms with van der Waals surface area (Å²) in [6.07, 6.45) is 3.95.